The summed E-state index contributed by atoms with van der Waals surface area (Å²) in [5, 5.41) is 5.36. The lowest BCUT2D eigenvalue weighted by molar-refractivity contribution is -0.136. The first-order chi connectivity index (χ1) is 12.6. The van der Waals surface area contributed by atoms with Gasteiger partial charge in [0.2, 0.25) is 0 Å². The van der Waals surface area contributed by atoms with Gasteiger partial charge in [0.25, 0.3) is 0 Å². The third kappa shape index (κ3) is 8.88. The molecule has 0 saturated heterocycles. The minimum atomic E-state index is -0.632. The first kappa shape index (κ1) is 22.0. The van der Waals surface area contributed by atoms with Crippen molar-refractivity contribution in [3.63, 3.8) is 0 Å². The summed E-state index contributed by atoms with van der Waals surface area (Å²) in [5.41, 5.74) is 0.587. The largest absolute Gasteiger partial charge is 0.494 e. The van der Waals surface area contributed by atoms with Gasteiger partial charge < -0.3 is 15.4 Å². The zero-order valence-electron chi connectivity index (χ0n) is 16.5. The molecule has 2 N–H and O–H groups in total. The summed E-state index contributed by atoms with van der Waals surface area (Å²) < 4.78 is 5.63. The second kappa shape index (κ2) is 13.2. The Morgan fingerprint density at radius 3 is 2.27 bits per heavy atom. The van der Waals surface area contributed by atoms with Crippen molar-refractivity contribution in [2.75, 3.05) is 18.5 Å². The first-order valence-electron chi connectivity index (χ1n) is 9.92. The molecule has 0 saturated carbocycles. The Labute approximate surface area is 157 Å². The van der Waals surface area contributed by atoms with Crippen LogP contribution in [-0.4, -0.2) is 25.0 Å². The summed E-state index contributed by atoms with van der Waals surface area (Å²) in [6, 6.07) is 7.10. The second-order valence-electron chi connectivity index (χ2n) is 6.66. The molecule has 2 amide bonds. The Morgan fingerprint density at radius 1 is 0.962 bits per heavy atom. The van der Waals surface area contributed by atoms with Crippen molar-refractivity contribution in [2.45, 2.75) is 65.7 Å². The van der Waals surface area contributed by atoms with Gasteiger partial charge in [0.05, 0.1) is 6.61 Å². The molecular formula is C21H34N2O3. The SMILES string of the molecule is CCCCCOc1ccc(NC(=O)C(=O)NC[C@@H](CC)CCCC)cc1. The number of amides is 2. The normalized spacial score (nSPS) is 11.7. The van der Waals surface area contributed by atoms with E-state index in [2.05, 4.69) is 31.4 Å². The van der Waals surface area contributed by atoms with Crippen LogP contribution in [0, 0.1) is 5.92 Å². The standard InChI is InChI=1S/C21H34N2O3/c1-4-7-9-15-26-19-13-11-18(12-14-19)23-21(25)20(24)22-16-17(6-3)10-8-5-2/h11-14,17H,4-10,15-16H2,1-3H3,(H,22,24)(H,23,25)/t17-/m0/s1. The lowest BCUT2D eigenvalue weighted by atomic mass is 9.99. The molecule has 0 fully saturated rings. The zero-order valence-corrected chi connectivity index (χ0v) is 16.5. The quantitative estimate of drug-likeness (QED) is 0.424. The van der Waals surface area contributed by atoms with Crippen LogP contribution in [0.4, 0.5) is 5.69 Å². The van der Waals surface area contributed by atoms with Crippen molar-refractivity contribution in [1.82, 2.24) is 5.32 Å². The molecule has 0 aliphatic heterocycles. The smallest absolute Gasteiger partial charge is 0.313 e. The average Bonchev–Trinajstić information content (AvgIpc) is 2.66. The highest BCUT2D eigenvalue weighted by atomic mass is 16.5. The first-order valence-corrected chi connectivity index (χ1v) is 9.92. The fourth-order valence-corrected chi connectivity index (χ4v) is 2.63. The molecule has 146 valence electrons. The summed E-state index contributed by atoms with van der Waals surface area (Å²) in [7, 11) is 0. The molecule has 0 bridgehead atoms. The van der Waals surface area contributed by atoms with Gasteiger partial charge in [-0.05, 0) is 43.0 Å². The van der Waals surface area contributed by atoms with E-state index < -0.39 is 11.8 Å². The predicted molar refractivity (Wildman–Crippen MR) is 106 cm³/mol. The molecule has 0 aliphatic rings. The van der Waals surface area contributed by atoms with Crippen LogP contribution in [0.1, 0.15) is 65.7 Å². The molecule has 1 aromatic carbocycles. The van der Waals surface area contributed by atoms with Crippen LogP contribution in [0.5, 0.6) is 5.75 Å². The molecule has 0 aliphatic carbocycles. The number of hydrogen-bond acceptors (Lipinski definition) is 3. The summed E-state index contributed by atoms with van der Waals surface area (Å²) in [5.74, 6) is -0.0205. The maximum atomic E-state index is 12.0. The maximum Gasteiger partial charge on any atom is 0.313 e. The third-order valence-corrected chi connectivity index (χ3v) is 4.43. The topological polar surface area (TPSA) is 67.4 Å². The van der Waals surface area contributed by atoms with Crippen molar-refractivity contribution in [2.24, 2.45) is 5.92 Å². The van der Waals surface area contributed by atoms with E-state index in [0.717, 1.165) is 50.7 Å². The van der Waals surface area contributed by atoms with E-state index in [4.69, 9.17) is 4.74 Å². The van der Waals surface area contributed by atoms with Crippen LogP contribution in [0.2, 0.25) is 0 Å². The van der Waals surface area contributed by atoms with Gasteiger partial charge in [0.15, 0.2) is 0 Å². The number of anilines is 1. The van der Waals surface area contributed by atoms with E-state index in [0.29, 0.717) is 24.8 Å². The second-order valence-corrected chi connectivity index (χ2v) is 6.66. The van der Waals surface area contributed by atoms with Crippen molar-refractivity contribution in [3.05, 3.63) is 24.3 Å². The Kier molecular flexibility index (Phi) is 11.2. The molecular weight excluding hydrogens is 328 g/mol. The van der Waals surface area contributed by atoms with Gasteiger partial charge in [-0.15, -0.1) is 0 Å². The van der Waals surface area contributed by atoms with Crippen LogP contribution >= 0.6 is 0 Å². The Morgan fingerprint density at radius 2 is 1.65 bits per heavy atom. The number of hydrogen-bond donors (Lipinski definition) is 2. The lowest BCUT2D eigenvalue weighted by Crippen LogP contribution is -2.38. The Balaban J connectivity index is 2.37. The van der Waals surface area contributed by atoms with E-state index in [1.165, 1.54) is 0 Å². The number of rotatable bonds is 12. The minimum absolute atomic E-state index is 0.427. The third-order valence-electron chi connectivity index (χ3n) is 4.43. The van der Waals surface area contributed by atoms with Crippen molar-refractivity contribution in [3.8, 4) is 5.75 Å². The lowest BCUT2D eigenvalue weighted by Gasteiger charge is -2.15. The van der Waals surface area contributed by atoms with Gasteiger partial charge in [-0.2, -0.15) is 0 Å². The van der Waals surface area contributed by atoms with Crippen molar-refractivity contribution < 1.29 is 14.3 Å². The van der Waals surface area contributed by atoms with Gasteiger partial charge in [-0.25, -0.2) is 0 Å². The number of carbonyl (C=O) groups is 2. The fraction of sp³-hybridized carbons (Fsp3) is 0.619. The van der Waals surface area contributed by atoms with Gasteiger partial charge in [-0.1, -0.05) is 52.9 Å². The molecule has 5 nitrogen and oxygen atoms in total. The molecule has 1 rings (SSSR count). The molecule has 0 spiro atoms. The molecule has 0 unspecified atom stereocenters. The monoisotopic (exact) mass is 362 g/mol. The van der Waals surface area contributed by atoms with Crippen LogP contribution in [0.25, 0.3) is 0 Å². The maximum absolute atomic E-state index is 12.0. The average molecular weight is 363 g/mol. The number of benzene rings is 1. The molecule has 0 heterocycles. The number of ether oxygens (including phenoxy) is 1. The number of unbranched alkanes of at least 4 members (excludes halogenated alkanes) is 3. The summed E-state index contributed by atoms with van der Waals surface area (Å²) in [4.78, 5) is 24.0. The van der Waals surface area contributed by atoms with Gasteiger partial charge in [0, 0.05) is 12.2 Å². The van der Waals surface area contributed by atoms with Gasteiger partial charge in [0.1, 0.15) is 5.75 Å². The molecule has 0 aromatic heterocycles. The summed E-state index contributed by atoms with van der Waals surface area (Å²) >= 11 is 0. The van der Waals surface area contributed by atoms with Crippen LogP contribution in [0.15, 0.2) is 24.3 Å². The van der Waals surface area contributed by atoms with Crippen molar-refractivity contribution in [1.29, 1.82) is 0 Å². The summed E-state index contributed by atoms with van der Waals surface area (Å²) in [6.45, 7) is 7.66. The highest BCUT2D eigenvalue weighted by Gasteiger charge is 2.15. The van der Waals surface area contributed by atoms with Crippen LogP contribution in [0.3, 0.4) is 0 Å². The van der Waals surface area contributed by atoms with Gasteiger partial charge >= 0.3 is 11.8 Å². The number of nitrogens with one attached hydrogen (secondary N) is 2. The highest BCUT2D eigenvalue weighted by molar-refractivity contribution is 6.39. The number of carbonyl (C=O) groups excluding carboxylic acids is 2. The highest BCUT2D eigenvalue weighted by Crippen LogP contribution is 2.16. The molecule has 0 radical (unpaired) electrons. The van der Waals surface area contributed by atoms with E-state index in [-0.39, 0.29) is 0 Å². The van der Waals surface area contributed by atoms with E-state index >= 15 is 0 Å². The zero-order chi connectivity index (χ0) is 19.2. The van der Waals surface area contributed by atoms with Gasteiger partial charge in [-0.3, -0.25) is 9.59 Å². The van der Waals surface area contributed by atoms with Crippen LogP contribution in [-0.2, 0) is 9.59 Å². The minimum Gasteiger partial charge on any atom is -0.494 e. The van der Waals surface area contributed by atoms with Crippen molar-refractivity contribution >= 4 is 17.5 Å². The molecule has 26 heavy (non-hydrogen) atoms. The molecule has 1 aromatic rings. The Bertz CT molecular complexity index is 529. The molecule has 1 atom stereocenters. The molecule has 5 heteroatoms. The fourth-order valence-electron chi connectivity index (χ4n) is 2.63. The predicted octanol–water partition coefficient (Wildman–Crippen LogP) is 4.53. The summed E-state index contributed by atoms with van der Waals surface area (Å²) in [6.07, 6.45) is 7.72. The van der Waals surface area contributed by atoms with Crippen LogP contribution < -0.4 is 15.4 Å². The van der Waals surface area contributed by atoms with E-state index in [1.54, 1.807) is 24.3 Å². The Hall–Kier alpha value is -2.04. The van der Waals surface area contributed by atoms with E-state index in [1.807, 2.05) is 0 Å². The van der Waals surface area contributed by atoms with E-state index in [9.17, 15) is 9.59 Å².